The van der Waals surface area contributed by atoms with Crippen LogP contribution in [0.25, 0.3) is 0 Å². The highest BCUT2D eigenvalue weighted by Gasteiger charge is 2.46. The van der Waals surface area contributed by atoms with Crippen LogP contribution in [-0.2, 0) is 16.0 Å². The molecular weight excluding hydrogens is 603 g/mol. The second-order valence-corrected chi connectivity index (χ2v) is 11.9. The topological polar surface area (TPSA) is 102 Å². The number of fused-ring (bicyclic) bond motifs is 1. The van der Waals surface area contributed by atoms with Gasteiger partial charge in [0.1, 0.15) is 0 Å². The van der Waals surface area contributed by atoms with Gasteiger partial charge in [-0.3, -0.25) is 24.2 Å². The van der Waals surface area contributed by atoms with Crippen molar-refractivity contribution >= 4 is 52.3 Å². The van der Waals surface area contributed by atoms with E-state index in [4.69, 9.17) is 27.9 Å². The number of piperazine rings is 1. The quantitative estimate of drug-likeness (QED) is 0.356. The second-order valence-electron chi connectivity index (χ2n) is 11.1. The Kier molecular flexibility index (Phi) is 10.2. The van der Waals surface area contributed by atoms with Gasteiger partial charge in [-0.15, -0.1) is 0 Å². The Hall–Kier alpha value is -3.47. The molecular formula is C33H36Cl2N4O5. The van der Waals surface area contributed by atoms with Crippen LogP contribution in [0.3, 0.4) is 0 Å². The minimum atomic E-state index is -1.23. The average Bonchev–Trinajstić information content (AvgIpc) is 3.18. The third-order valence-corrected chi connectivity index (χ3v) is 8.93. The molecule has 1 saturated heterocycles. The van der Waals surface area contributed by atoms with Gasteiger partial charge >= 0.3 is 0 Å². The van der Waals surface area contributed by atoms with E-state index in [1.54, 1.807) is 71.5 Å². The van der Waals surface area contributed by atoms with Gasteiger partial charge in [0.25, 0.3) is 11.8 Å². The number of aryl methyl sites for hydroxylation is 1. The number of aliphatic hydroxyl groups excluding tert-OH is 1. The largest absolute Gasteiger partial charge is 0.395 e. The molecule has 3 aromatic rings. The molecule has 3 amide bonds. The van der Waals surface area contributed by atoms with Gasteiger partial charge in [-0.25, -0.2) is 0 Å². The number of nitrogens with zero attached hydrogens (tertiary/aromatic N) is 3. The fraction of sp³-hybridized carbons (Fsp3) is 0.364. The number of hydrogen-bond donors (Lipinski definition) is 2. The number of aliphatic hydroxyl groups is 1. The van der Waals surface area contributed by atoms with Crippen LogP contribution in [0.1, 0.15) is 45.5 Å². The van der Waals surface area contributed by atoms with Crippen molar-refractivity contribution in [1.82, 2.24) is 9.80 Å². The average molecular weight is 640 g/mol. The van der Waals surface area contributed by atoms with E-state index < -0.39 is 5.72 Å². The zero-order valence-electron chi connectivity index (χ0n) is 24.6. The molecule has 2 heterocycles. The summed E-state index contributed by atoms with van der Waals surface area (Å²) in [6, 6.07) is 18.8. The molecule has 44 heavy (non-hydrogen) atoms. The highest BCUT2D eigenvalue weighted by molar-refractivity contribution is 6.34. The maximum atomic E-state index is 14.4. The monoisotopic (exact) mass is 638 g/mol. The lowest BCUT2D eigenvalue weighted by Crippen LogP contribution is -2.57. The first-order valence-electron chi connectivity index (χ1n) is 14.7. The molecule has 2 N–H and O–H groups in total. The van der Waals surface area contributed by atoms with Crippen LogP contribution in [0.2, 0.25) is 10.0 Å². The highest BCUT2D eigenvalue weighted by atomic mass is 35.5. The third kappa shape index (κ3) is 6.92. The van der Waals surface area contributed by atoms with Crippen LogP contribution in [0.15, 0.2) is 66.7 Å². The van der Waals surface area contributed by atoms with Crippen LogP contribution < -0.4 is 10.2 Å². The number of hydrogen-bond acceptors (Lipinski definition) is 6. The molecule has 0 bridgehead atoms. The maximum absolute atomic E-state index is 14.4. The lowest BCUT2D eigenvalue weighted by Gasteiger charge is -2.43. The summed E-state index contributed by atoms with van der Waals surface area (Å²) in [6.07, 6.45) is 1.80. The fourth-order valence-corrected chi connectivity index (χ4v) is 6.38. The van der Waals surface area contributed by atoms with Crippen LogP contribution >= 0.6 is 23.2 Å². The predicted molar refractivity (Wildman–Crippen MR) is 172 cm³/mol. The van der Waals surface area contributed by atoms with Gasteiger partial charge in [0.15, 0.2) is 5.72 Å². The van der Waals surface area contributed by atoms with Crippen molar-refractivity contribution in [2.45, 2.75) is 31.4 Å². The van der Waals surface area contributed by atoms with Gasteiger partial charge < -0.3 is 20.1 Å². The summed E-state index contributed by atoms with van der Waals surface area (Å²) in [6.45, 7) is 3.09. The first kappa shape index (κ1) is 31.9. The Balaban J connectivity index is 1.42. The van der Waals surface area contributed by atoms with Gasteiger partial charge in [0, 0.05) is 56.1 Å². The molecule has 232 valence electrons. The number of carbonyl (C=O) groups is 3. The van der Waals surface area contributed by atoms with Gasteiger partial charge in [0.05, 0.1) is 29.3 Å². The number of anilines is 2. The Morgan fingerprint density at radius 1 is 0.977 bits per heavy atom. The molecule has 0 radical (unpaired) electrons. The van der Waals surface area contributed by atoms with Gasteiger partial charge in [-0.05, 0) is 79.4 Å². The number of methoxy groups -OCH3 is 1. The van der Waals surface area contributed by atoms with Crippen molar-refractivity contribution in [2.24, 2.45) is 0 Å². The predicted octanol–water partition coefficient (Wildman–Crippen LogP) is 5.10. The number of benzene rings is 3. The van der Waals surface area contributed by atoms with Crippen molar-refractivity contribution < 1.29 is 24.2 Å². The van der Waals surface area contributed by atoms with Crippen LogP contribution in [0.5, 0.6) is 0 Å². The second kappa shape index (κ2) is 14.1. The van der Waals surface area contributed by atoms with E-state index >= 15 is 0 Å². The number of β-amino-alcohol motifs (C(OH)–C–C–N with tert-alkyl or cyclic N) is 1. The minimum Gasteiger partial charge on any atom is -0.395 e. The first-order valence-corrected chi connectivity index (χ1v) is 15.5. The summed E-state index contributed by atoms with van der Waals surface area (Å²) < 4.78 is 6.17. The van der Waals surface area contributed by atoms with Gasteiger partial charge in [-0.2, -0.15) is 0 Å². The normalized spacial score (nSPS) is 18.8. The Labute approximate surface area is 267 Å². The summed E-state index contributed by atoms with van der Waals surface area (Å²) in [5, 5.41) is 13.0. The summed E-state index contributed by atoms with van der Waals surface area (Å²) in [7, 11) is 1.54. The SMILES string of the molecule is COC1(CC(=O)N2CCN(CCO)CC2)CCCc2cc(Cl)ccc2N1C(=O)c1ccc(NC(=O)c2ccccc2Cl)cc1. The molecule has 0 aromatic heterocycles. The number of halogens is 2. The van der Waals surface area contributed by atoms with E-state index in [0.29, 0.717) is 84.5 Å². The van der Waals surface area contributed by atoms with Gasteiger partial charge in [-0.1, -0.05) is 35.3 Å². The maximum Gasteiger partial charge on any atom is 0.260 e. The van der Waals surface area contributed by atoms with Crippen LogP contribution in [-0.4, -0.2) is 84.8 Å². The smallest absolute Gasteiger partial charge is 0.260 e. The zero-order valence-corrected chi connectivity index (χ0v) is 26.1. The molecule has 11 heteroatoms. The molecule has 1 atom stereocenters. The van der Waals surface area contributed by atoms with Crippen molar-refractivity contribution in [3.63, 3.8) is 0 Å². The number of ether oxygens (including phenoxy) is 1. The molecule has 0 aliphatic carbocycles. The summed E-state index contributed by atoms with van der Waals surface area (Å²) >= 11 is 12.5. The van der Waals surface area contributed by atoms with E-state index in [2.05, 4.69) is 10.2 Å². The summed E-state index contributed by atoms with van der Waals surface area (Å²) in [4.78, 5) is 46.4. The number of rotatable bonds is 8. The molecule has 3 aromatic carbocycles. The van der Waals surface area contributed by atoms with Gasteiger partial charge in [0.2, 0.25) is 5.91 Å². The first-order chi connectivity index (χ1) is 21.2. The summed E-state index contributed by atoms with van der Waals surface area (Å²) in [5.74, 6) is -0.785. The minimum absolute atomic E-state index is 0.0106. The van der Waals surface area contributed by atoms with E-state index in [9.17, 15) is 19.5 Å². The van der Waals surface area contributed by atoms with Crippen molar-refractivity contribution in [3.8, 4) is 0 Å². The standard InChI is InChI=1S/C33H36Cl2N4O5/c1-44-33(22-30(41)38-17-15-37(16-18-38)19-20-40)14-4-5-24-21-25(34)10-13-29(24)39(33)32(43)23-8-11-26(12-9-23)36-31(42)27-6-2-3-7-28(27)35/h2-3,6-13,21,40H,4-5,14-20,22H2,1H3,(H,36,42). The van der Waals surface area contributed by atoms with E-state index in [1.165, 1.54) is 0 Å². The van der Waals surface area contributed by atoms with E-state index in [1.807, 2.05) is 12.1 Å². The number of amides is 3. The third-order valence-electron chi connectivity index (χ3n) is 8.36. The van der Waals surface area contributed by atoms with E-state index in [0.717, 1.165) is 5.56 Å². The molecule has 1 fully saturated rings. The number of carbonyl (C=O) groups excluding carboxylic acids is 3. The Bertz CT molecular complexity index is 1510. The van der Waals surface area contributed by atoms with Crippen molar-refractivity contribution in [1.29, 1.82) is 0 Å². The molecule has 2 aliphatic rings. The Morgan fingerprint density at radius 2 is 1.70 bits per heavy atom. The highest BCUT2D eigenvalue weighted by Crippen LogP contribution is 2.41. The molecule has 1 unspecified atom stereocenters. The fourth-order valence-electron chi connectivity index (χ4n) is 5.97. The lowest BCUT2D eigenvalue weighted by atomic mass is 9.98. The van der Waals surface area contributed by atoms with Crippen LogP contribution in [0.4, 0.5) is 11.4 Å². The molecule has 2 aliphatic heterocycles. The van der Waals surface area contributed by atoms with Crippen molar-refractivity contribution in [2.75, 3.05) is 56.7 Å². The molecule has 5 rings (SSSR count). The summed E-state index contributed by atoms with van der Waals surface area (Å²) in [5.41, 5.74) is 1.54. The molecule has 0 saturated carbocycles. The Morgan fingerprint density at radius 3 is 2.39 bits per heavy atom. The lowest BCUT2D eigenvalue weighted by molar-refractivity contribution is -0.140. The van der Waals surface area contributed by atoms with Crippen molar-refractivity contribution in [3.05, 3.63) is 93.5 Å². The van der Waals surface area contributed by atoms with Crippen LogP contribution in [0, 0.1) is 0 Å². The zero-order chi connectivity index (χ0) is 31.3. The molecule has 9 nitrogen and oxygen atoms in total. The molecule has 0 spiro atoms. The number of nitrogens with one attached hydrogen (secondary N) is 1. The van der Waals surface area contributed by atoms with E-state index in [-0.39, 0.29) is 30.7 Å².